The van der Waals surface area contributed by atoms with Crippen molar-refractivity contribution in [3.8, 4) is 5.75 Å². The molecule has 0 unspecified atom stereocenters. The summed E-state index contributed by atoms with van der Waals surface area (Å²) in [5.74, 6) is 0.496. The van der Waals surface area contributed by atoms with E-state index in [1.807, 2.05) is 56.3 Å². The second kappa shape index (κ2) is 7.87. The quantitative estimate of drug-likeness (QED) is 0.742. The first kappa shape index (κ1) is 17.7. The number of rotatable bonds is 6. The van der Waals surface area contributed by atoms with Crippen LogP contribution < -0.4 is 10.3 Å². The van der Waals surface area contributed by atoms with Gasteiger partial charge in [-0.25, -0.2) is 0 Å². The number of nitrogens with zero attached hydrogens (tertiary/aromatic N) is 1. The Kier molecular flexibility index (Phi) is 5.37. The highest BCUT2D eigenvalue weighted by Gasteiger charge is 2.15. The van der Waals surface area contributed by atoms with E-state index in [0.717, 1.165) is 16.5 Å². The van der Waals surface area contributed by atoms with Crippen LogP contribution in [0.5, 0.6) is 5.75 Å². The monoisotopic (exact) mass is 350 g/mol. The molecule has 3 rings (SSSR count). The topological polar surface area (TPSA) is 62.4 Å². The summed E-state index contributed by atoms with van der Waals surface area (Å²) in [6.45, 7) is 4.60. The molecule has 0 saturated heterocycles. The lowest BCUT2D eigenvalue weighted by atomic mass is 10.1. The smallest absolute Gasteiger partial charge is 0.260 e. The van der Waals surface area contributed by atoms with E-state index < -0.39 is 0 Å². The molecular weight excluding hydrogens is 328 g/mol. The van der Waals surface area contributed by atoms with Crippen LogP contribution in [0.1, 0.15) is 18.1 Å². The van der Waals surface area contributed by atoms with Crippen molar-refractivity contribution in [3.05, 3.63) is 76.1 Å². The van der Waals surface area contributed by atoms with Gasteiger partial charge in [-0.15, -0.1) is 0 Å². The number of aromatic amines is 1. The SMILES string of the molecule is CCN(Cc1cc2cc(C)ccc2[nH]c1=O)C(=O)COc1ccccc1. The Labute approximate surface area is 152 Å². The number of hydrogen-bond acceptors (Lipinski definition) is 3. The fourth-order valence-electron chi connectivity index (χ4n) is 2.82. The highest BCUT2D eigenvalue weighted by atomic mass is 16.5. The van der Waals surface area contributed by atoms with E-state index in [-0.39, 0.29) is 24.6 Å². The number of aryl methyl sites for hydroxylation is 1. The molecule has 0 aliphatic rings. The van der Waals surface area contributed by atoms with Crippen molar-refractivity contribution in [2.45, 2.75) is 20.4 Å². The van der Waals surface area contributed by atoms with Crippen LogP contribution in [0.3, 0.4) is 0 Å². The van der Waals surface area contributed by atoms with Gasteiger partial charge in [-0.05, 0) is 49.6 Å². The van der Waals surface area contributed by atoms with Crippen LogP contribution in [0.4, 0.5) is 0 Å². The summed E-state index contributed by atoms with van der Waals surface area (Å²) in [7, 11) is 0. The molecule has 1 amide bonds. The molecule has 1 heterocycles. The van der Waals surface area contributed by atoms with Crippen LogP contribution in [0, 0.1) is 6.92 Å². The molecule has 26 heavy (non-hydrogen) atoms. The molecule has 134 valence electrons. The van der Waals surface area contributed by atoms with Crippen molar-refractivity contribution in [1.82, 2.24) is 9.88 Å². The van der Waals surface area contributed by atoms with Gasteiger partial charge in [0.2, 0.25) is 0 Å². The number of H-pyrrole nitrogens is 1. The van der Waals surface area contributed by atoms with Crippen molar-refractivity contribution in [1.29, 1.82) is 0 Å². The molecule has 0 fully saturated rings. The fourth-order valence-corrected chi connectivity index (χ4v) is 2.82. The number of para-hydroxylation sites is 1. The van der Waals surface area contributed by atoms with Gasteiger partial charge in [-0.3, -0.25) is 9.59 Å². The minimum Gasteiger partial charge on any atom is -0.484 e. The second-order valence-corrected chi connectivity index (χ2v) is 6.22. The molecule has 0 atom stereocenters. The summed E-state index contributed by atoms with van der Waals surface area (Å²) < 4.78 is 5.53. The summed E-state index contributed by atoms with van der Waals surface area (Å²) in [5.41, 5.74) is 2.32. The number of aromatic nitrogens is 1. The Morgan fingerprint density at radius 3 is 2.62 bits per heavy atom. The fraction of sp³-hybridized carbons (Fsp3) is 0.238. The predicted octanol–water partition coefficient (Wildman–Crippen LogP) is 3.26. The van der Waals surface area contributed by atoms with Gasteiger partial charge in [0, 0.05) is 17.6 Å². The van der Waals surface area contributed by atoms with Gasteiger partial charge in [0.05, 0.1) is 6.54 Å². The molecule has 2 aromatic carbocycles. The molecular formula is C21H22N2O3. The maximum absolute atomic E-state index is 12.5. The lowest BCUT2D eigenvalue weighted by molar-refractivity contribution is -0.133. The first-order valence-electron chi connectivity index (χ1n) is 8.65. The number of likely N-dealkylation sites (N-methyl/N-ethyl adjacent to an activating group) is 1. The van der Waals surface area contributed by atoms with E-state index in [1.54, 1.807) is 17.0 Å². The molecule has 1 aromatic heterocycles. The van der Waals surface area contributed by atoms with Crippen LogP contribution in [-0.4, -0.2) is 28.9 Å². The van der Waals surface area contributed by atoms with Gasteiger partial charge in [-0.1, -0.05) is 29.8 Å². The van der Waals surface area contributed by atoms with Crippen molar-refractivity contribution >= 4 is 16.8 Å². The summed E-state index contributed by atoms with van der Waals surface area (Å²) in [5, 5.41) is 0.962. The Morgan fingerprint density at radius 1 is 1.12 bits per heavy atom. The number of carbonyl (C=O) groups excluding carboxylic acids is 1. The van der Waals surface area contributed by atoms with Crippen molar-refractivity contribution in [2.75, 3.05) is 13.2 Å². The Balaban J connectivity index is 1.74. The molecule has 5 heteroatoms. The van der Waals surface area contributed by atoms with E-state index in [9.17, 15) is 9.59 Å². The summed E-state index contributed by atoms with van der Waals surface area (Å²) >= 11 is 0. The lowest BCUT2D eigenvalue weighted by Gasteiger charge is -2.21. The zero-order valence-corrected chi connectivity index (χ0v) is 15.0. The Morgan fingerprint density at radius 2 is 1.88 bits per heavy atom. The minimum atomic E-state index is -0.170. The third-order valence-electron chi connectivity index (χ3n) is 4.28. The number of pyridine rings is 1. The molecule has 1 N–H and O–H groups in total. The van der Waals surface area contributed by atoms with Gasteiger partial charge < -0.3 is 14.6 Å². The number of nitrogens with one attached hydrogen (secondary N) is 1. The van der Waals surface area contributed by atoms with Gasteiger partial charge in [-0.2, -0.15) is 0 Å². The van der Waals surface area contributed by atoms with Crippen LogP contribution in [0.25, 0.3) is 10.9 Å². The van der Waals surface area contributed by atoms with Crippen LogP contribution in [0.15, 0.2) is 59.4 Å². The highest BCUT2D eigenvalue weighted by molar-refractivity contribution is 5.80. The van der Waals surface area contributed by atoms with Crippen molar-refractivity contribution < 1.29 is 9.53 Å². The third kappa shape index (κ3) is 4.11. The third-order valence-corrected chi connectivity index (χ3v) is 4.28. The molecule has 0 aliphatic heterocycles. The van der Waals surface area contributed by atoms with Gasteiger partial charge in [0.15, 0.2) is 6.61 Å². The Hall–Kier alpha value is -3.08. The largest absolute Gasteiger partial charge is 0.484 e. The Bertz CT molecular complexity index is 964. The first-order valence-corrected chi connectivity index (χ1v) is 8.65. The zero-order valence-electron chi connectivity index (χ0n) is 15.0. The highest BCUT2D eigenvalue weighted by Crippen LogP contribution is 2.14. The van der Waals surface area contributed by atoms with E-state index in [1.165, 1.54) is 0 Å². The summed E-state index contributed by atoms with van der Waals surface area (Å²) in [4.78, 5) is 29.3. The predicted molar refractivity (Wildman–Crippen MR) is 102 cm³/mol. The maximum Gasteiger partial charge on any atom is 0.260 e. The molecule has 0 radical (unpaired) electrons. The number of ether oxygens (including phenoxy) is 1. The van der Waals surface area contributed by atoms with E-state index in [2.05, 4.69) is 4.98 Å². The lowest BCUT2D eigenvalue weighted by Crippen LogP contribution is -2.36. The number of carbonyl (C=O) groups is 1. The van der Waals surface area contributed by atoms with Crippen LogP contribution in [-0.2, 0) is 11.3 Å². The normalized spacial score (nSPS) is 10.7. The van der Waals surface area contributed by atoms with E-state index in [4.69, 9.17) is 4.74 Å². The van der Waals surface area contributed by atoms with Crippen molar-refractivity contribution in [2.24, 2.45) is 0 Å². The van der Waals surface area contributed by atoms with E-state index in [0.29, 0.717) is 17.9 Å². The second-order valence-electron chi connectivity index (χ2n) is 6.22. The summed E-state index contributed by atoms with van der Waals surface area (Å²) in [6, 6.07) is 16.9. The van der Waals surface area contributed by atoms with Crippen molar-refractivity contribution in [3.63, 3.8) is 0 Å². The van der Waals surface area contributed by atoms with Gasteiger partial charge >= 0.3 is 0 Å². The molecule has 5 nitrogen and oxygen atoms in total. The number of amides is 1. The zero-order chi connectivity index (χ0) is 18.5. The minimum absolute atomic E-state index is 0.0531. The van der Waals surface area contributed by atoms with E-state index >= 15 is 0 Å². The first-order chi connectivity index (χ1) is 12.6. The van der Waals surface area contributed by atoms with Gasteiger partial charge in [0.25, 0.3) is 11.5 Å². The molecule has 3 aromatic rings. The maximum atomic E-state index is 12.5. The molecule has 0 aliphatic carbocycles. The van der Waals surface area contributed by atoms with Crippen LogP contribution >= 0.6 is 0 Å². The number of hydrogen-bond donors (Lipinski definition) is 1. The average molecular weight is 350 g/mol. The average Bonchev–Trinajstić information content (AvgIpc) is 2.65. The number of fused-ring (bicyclic) bond motifs is 1. The molecule has 0 spiro atoms. The van der Waals surface area contributed by atoms with Gasteiger partial charge in [0.1, 0.15) is 5.75 Å². The summed E-state index contributed by atoms with van der Waals surface area (Å²) in [6.07, 6.45) is 0. The molecule has 0 bridgehead atoms. The van der Waals surface area contributed by atoms with Crippen LogP contribution in [0.2, 0.25) is 0 Å². The molecule has 0 saturated carbocycles. The number of benzene rings is 2. The standard InChI is InChI=1S/C21H22N2O3/c1-3-23(20(24)14-26-18-7-5-4-6-8-18)13-17-12-16-11-15(2)9-10-19(16)22-21(17)25/h4-12H,3,13-14H2,1-2H3,(H,22,25).